The fourth-order valence-electron chi connectivity index (χ4n) is 3.81. The molecule has 0 spiro atoms. The third-order valence-corrected chi connectivity index (χ3v) is 4.59. The van der Waals surface area contributed by atoms with Crippen LogP contribution in [0.3, 0.4) is 0 Å². The summed E-state index contributed by atoms with van der Waals surface area (Å²) in [7, 11) is 0. The zero-order chi connectivity index (χ0) is 12.2. The molecule has 0 heterocycles. The first-order valence-electron chi connectivity index (χ1n) is 6.47. The Morgan fingerprint density at radius 1 is 0.944 bits per heavy atom. The Balaban J connectivity index is 2.14. The minimum Gasteiger partial charge on any atom is -0.197 e. The highest BCUT2D eigenvalue weighted by atomic mass is 14.5. The average Bonchev–Trinajstić information content (AvgIpc) is 2.48. The highest BCUT2D eigenvalue weighted by Gasteiger charge is 2.48. The Hall–Kier alpha value is -2.07. The molecule has 3 aliphatic rings. The number of nitrogens with zero attached hydrogens (tertiary/aromatic N) is 1. The Labute approximate surface area is 107 Å². The number of hydrogen-bond donors (Lipinski definition) is 0. The molecule has 0 radical (unpaired) electrons. The normalized spacial score (nSPS) is 27.2. The monoisotopic (exact) mass is 231 g/mol. The average molecular weight is 231 g/mol. The molecule has 1 heteroatoms. The quantitative estimate of drug-likeness (QED) is 0.677. The Morgan fingerprint density at radius 3 is 2.06 bits per heavy atom. The molecule has 0 N–H and O–H groups in total. The van der Waals surface area contributed by atoms with Crippen LogP contribution in [0.2, 0.25) is 0 Å². The van der Waals surface area contributed by atoms with E-state index in [1.165, 1.54) is 22.3 Å². The third-order valence-electron chi connectivity index (χ3n) is 4.59. The molecule has 2 aromatic carbocycles. The minimum absolute atomic E-state index is 0.401. The van der Waals surface area contributed by atoms with Crippen molar-refractivity contribution in [1.82, 2.24) is 0 Å². The zero-order valence-corrected chi connectivity index (χ0v) is 10.1. The molecule has 0 amide bonds. The van der Waals surface area contributed by atoms with Gasteiger partial charge in [0, 0.05) is 5.92 Å². The summed E-state index contributed by atoms with van der Waals surface area (Å²) in [4.78, 5) is 0. The summed E-state index contributed by atoms with van der Waals surface area (Å²) in [5.74, 6) is 0.493. The van der Waals surface area contributed by atoms with Gasteiger partial charge in [-0.2, -0.15) is 5.26 Å². The van der Waals surface area contributed by atoms with Gasteiger partial charge in [-0.1, -0.05) is 48.5 Å². The third kappa shape index (κ3) is 0.973. The summed E-state index contributed by atoms with van der Waals surface area (Å²) < 4.78 is 0. The predicted molar refractivity (Wildman–Crippen MR) is 70.4 cm³/mol. The molecule has 0 saturated heterocycles. The number of nitriles is 1. The predicted octanol–water partition coefficient (Wildman–Crippen LogP) is 3.74. The lowest BCUT2D eigenvalue weighted by Crippen LogP contribution is -2.38. The van der Waals surface area contributed by atoms with Crippen molar-refractivity contribution in [2.75, 3.05) is 0 Å². The second-order valence-corrected chi connectivity index (χ2v) is 5.28. The van der Waals surface area contributed by atoms with Crippen LogP contribution < -0.4 is 0 Å². The molecular formula is C17H13N. The fourth-order valence-corrected chi connectivity index (χ4v) is 3.81. The molecule has 2 bridgehead atoms. The SMILES string of the molecule is N#CC12CCC(c3ccccc31)c1ccccc12. The van der Waals surface area contributed by atoms with Gasteiger partial charge in [0.05, 0.1) is 6.07 Å². The van der Waals surface area contributed by atoms with Gasteiger partial charge in [-0.25, -0.2) is 0 Å². The van der Waals surface area contributed by atoms with E-state index in [1.54, 1.807) is 0 Å². The molecule has 2 aromatic rings. The maximum Gasteiger partial charge on any atom is 0.108 e. The van der Waals surface area contributed by atoms with Crippen molar-refractivity contribution in [3.05, 3.63) is 70.8 Å². The van der Waals surface area contributed by atoms with Crippen molar-refractivity contribution in [3.8, 4) is 6.07 Å². The molecule has 0 aromatic heterocycles. The van der Waals surface area contributed by atoms with Gasteiger partial charge in [-0.3, -0.25) is 0 Å². The maximum absolute atomic E-state index is 9.81. The fraction of sp³-hybridized carbons (Fsp3) is 0.235. The van der Waals surface area contributed by atoms with Crippen LogP contribution in [0.15, 0.2) is 48.5 Å². The van der Waals surface area contributed by atoms with Crippen molar-refractivity contribution in [3.63, 3.8) is 0 Å². The van der Waals surface area contributed by atoms with Gasteiger partial charge in [0.2, 0.25) is 0 Å². The van der Waals surface area contributed by atoms with E-state index in [4.69, 9.17) is 0 Å². The second kappa shape index (κ2) is 3.23. The summed E-state index contributed by atoms with van der Waals surface area (Å²) in [6.07, 6.45) is 2.06. The lowest BCUT2D eigenvalue weighted by atomic mass is 9.56. The van der Waals surface area contributed by atoms with E-state index < -0.39 is 5.41 Å². The van der Waals surface area contributed by atoms with Crippen LogP contribution in [0.4, 0.5) is 0 Å². The van der Waals surface area contributed by atoms with Crippen LogP contribution >= 0.6 is 0 Å². The molecule has 0 saturated carbocycles. The first kappa shape index (κ1) is 9.91. The molecule has 0 fully saturated rings. The van der Waals surface area contributed by atoms with Crippen LogP contribution in [0.5, 0.6) is 0 Å². The summed E-state index contributed by atoms with van der Waals surface area (Å²) >= 11 is 0. The number of hydrogen-bond acceptors (Lipinski definition) is 1. The topological polar surface area (TPSA) is 23.8 Å². The van der Waals surface area contributed by atoms with E-state index in [0.717, 1.165) is 12.8 Å². The number of rotatable bonds is 0. The molecule has 0 unspecified atom stereocenters. The molecule has 3 aliphatic carbocycles. The zero-order valence-electron chi connectivity index (χ0n) is 10.1. The smallest absolute Gasteiger partial charge is 0.108 e. The Morgan fingerprint density at radius 2 is 1.50 bits per heavy atom. The highest BCUT2D eigenvalue weighted by molar-refractivity contribution is 5.62. The lowest BCUT2D eigenvalue weighted by molar-refractivity contribution is 0.448. The Kier molecular flexibility index (Phi) is 1.78. The highest BCUT2D eigenvalue weighted by Crippen LogP contribution is 2.55. The molecule has 0 atom stereocenters. The van der Waals surface area contributed by atoms with Gasteiger partial charge < -0.3 is 0 Å². The van der Waals surface area contributed by atoms with Gasteiger partial charge in [-0.05, 0) is 35.1 Å². The first-order chi connectivity index (χ1) is 8.87. The number of benzene rings is 2. The molecular weight excluding hydrogens is 218 g/mol. The minimum atomic E-state index is -0.401. The summed E-state index contributed by atoms with van der Waals surface area (Å²) in [6.45, 7) is 0. The molecule has 5 rings (SSSR count). The molecule has 0 aliphatic heterocycles. The van der Waals surface area contributed by atoms with Gasteiger partial charge >= 0.3 is 0 Å². The van der Waals surface area contributed by atoms with Gasteiger partial charge in [0.15, 0.2) is 0 Å². The van der Waals surface area contributed by atoms with E-state index in [9.17, 15) is 5.26 Å². The van der Waals surface area contributed by atoms with Crippen molar-refractivity contribution < 1.29 is 0 Å². The molecule has 1 nitrogen and oxygen atoms in total. The second-order valence-electron chi connectivity index (χ2n) is 5.28. The van der Waals surface area contributed by atoms with Crippen LogP contribution in [0.25, 0.3) is 0 Å². The summed E-state index contributed by atoms with van der Waals surface area (Å²) in [5.41, 5.74) is 4.81. The van der Waals surface area contributed by atoms with E-state index >= 15 is 0 Å². The molecule has 18 heavy (non-hydrogen) atoms. The van der Waals surface area contributed by atoms with Gasteiger partial charge in [0.1, 0.15) is 5.41 Å². The van der Waals surface area contributed by atoms with E-state index in [-0.39, 0.29) is 0 Å². The lowest BCUT2D eigenvalue weighted by Gasteiger charge is -2.45. The van der Waals surface area contributed by atoms with Crippen molar-refractivity contribution in [1.29, 1.82) is 5.26 Å². The Bertz CT molecular complexity index is 631. The van der Waals surface area contributed by atoms with E-state index in [0.29, 0.717) is 5.92 Å². The van der Waals surface area contributed by atoms with Crippen LogP contribution in [0, 0.1) is 11.3 Å². The molecule has 86 valence electrons. The van der Waals surface area contributed by atoms with Crippen LogP contribution in [-0.4, -0.2) is 0 Å². The standard InChI is InChI=1S/C17H13N/c18-11-17-10-9-12(13-5-1-3-7-15(13)17)14-6-2-4-8-16(14)17/h1-8,12H,9-10H2. The van der Waals surface area contributed by atoms with Crippen molar-refractivity contribution in [2.24, 2.45) is 0 Å². The summed E-state index contributed by atoms with van der Waals surface area (Å²) in [6, 6.07) is 19.6. The number of fused-ring (bicyclic) bond motifs is 1. The van der Waals surface area contributed by atoms with Gasteiger partial charge in [0.25, 0.3) is 0 Å². The largest absolute Gasteiger partial charge is 0.197 e. The first-order valence-corrected chi connectivity index (χ1v) is 6.47. The van der Waals surface area contributed by atoms with Crippen molar-refractivity contribution in [2.45, 2.75) is 24.2 Å². The van der Waals surface area contributed by atoms with Crippen LogP contribution in [-0.2, 0) is 5.41 Å². The van der Waals surface area contributed by atoms with Gasteiger partial charge in [-0.15, -0.1) is 0 Å². The van der Waals surface area contributed by atoms with Crippen LogP contribution in [0.1, 0.15) is 41.0 Å². The van der Waals surface area contributed by atoms with E-state index in [1.807, 2.05) is 0 Å². The van der Waals surface area contributed by atoms with Crippen molar-refractivity contribution >= 4 is 0 Å². The maximum atomic E-state index is 9.81. The van der Waals surface area contributed by atoms with E-state index in [2.05, 4.69) is 54.6 Å². The summed E-state index contributed by atoms with van der Waals surface area (Å²) in [5, 5.41) is 9.81.